The van der Waals surface area contributed by atoms with Crippen molar-refractivity contribution >= 4 is 11.8 Å². The lowest BCUT2D eigenvalue weighted by Crippen LogP contribution is -2.34. The molecule has 0 saturated carbocycles. The van der Waals surface area contributed by atoms with Gasteiger partial charge in [-0.05, 0) is 31.2 Å². The summed E-state index contributed by atoms with van der Waals surface area (Å²) in [5.74, 6) is 0.00952. The molecule has 82 valence electrons. The van der Waals surface area contributed by atoms with Crippen molar-refractivity contribution < 1.29 is 8.78 Å². The largest absolute Gasteiger partial charge is 0.299 e. The van der Waals surface area contributed by atoms with E-state index in [-0.39, 0.29) is 10.9 Å². The second-order valence-corrected chi connectivity index (χ2v) is 4.96. The van der Waals surface area contributed by atoms with Crippen LogP contribution < -0.4 is 5.32 Å². The summed E-state index contributed by atoms with van der Waals surface area (Å²) in [6.07, 6.45) is 1.04. The van der Waals surface area contributed by atoms with E-state index in [4.69, 9.17) is 0 Å². The minimum Gasteiger partial charge on any atom is -0.299 e. The van der Waals surface area contributed by atoms with Crippen molar-refractivity contribution in [2.45, 2.75) is 24.8 Å². The van der Waals surface area contributed by atoms with E-state index in [0.29, 0.717) is 6.04 Å². The van der Waals surface area contributed by atoms with Crippen LogP contribution in [-0.2, 0) is 0 Å². The summed E-state index contributed by atoms with van der Waals surface area (Å²) in [5, 5.41) is 2.94. The van der Waals surface area contributed by atoms with Gasteiger partial charge in [-0.1, -0.05) is 6.07 Å². The first-order chi connectivity index (χ1) is 7.18. The number of benzene rings is 1. The zero-order valence-electron chi connectivity index (χ0n) is 8.47. The summed E-state index contributed by atoms with van der Waals surface area (Å²) in [6, 6.07) is 4.32. The maximum atomic E-state index is 13.5. The smallest absolute Gasteiger partial charge is 0.131 e. The van der Waals surface area contributed by atoms with Crippen LogP contribution in [0.4, 0.5) is 8.78 Å². The summed E-state index contributed by atoms with van der Waals surface area (Å²) in [4.78, 5) is 0. The van der Waals surface area contributed by atoms with Crippen molar-refractivity contribution in [1.82, 2.24) is 5.32 Å². The van der Waals surface area contributed by atoms with Crippen molar-refractivity contribution in [2.75, 3.05) is 5.75 Å². The third-order valence-corrected chi connectivity index (χ3v) is 3.71. The minimum absolute atomic E-state index is 0.161. The highest BCUT2D eigenvalue weighted by atomic mass is 32.2. The van der Waals surface area contributed by atoms with Crippen LogP contribution in [0, 0.1) is 11.6 Å². The van der Waals surface area contributed by atoms with Crippen molar-refractivity contribution in [3.63, 3.8) is 0 Å². The van der Waals surface area contributed by atoms with Crippen LogP contribution in [0.3, 0.4) is 0 Å². The van der Waals surface area contributed by atoms with Gasteiger partial charge in [0.2, 0.25) is 0 Å². The predicted molar refractivity (Wildman–Crippen MR) is 58.8 cm³/mol. The lowest BCUT2D eigenvalue weighted by molar-refractivity contribution is 0.475. The molecule has 0 bridgehead atoms. The Bertz CT molecular complexity index is 336. The first-order valence-corrected chi connectivity index (χ1v) is 6.05. The van der Waals surface area contributed by atoms with Gasteiger partial charge >= 0.3 is 0 Å². The monoisotopic (exact) mass is 229 g/mol. The second kappa shape index (κ2) is 4.49. The van der Waals surface area contributed by atoms with Crippen LogP contribution >= 0.6 is 11.8 Å². The van der Waals surface area contributed by atoms with Gasteiger partial charge in [0.25, 0.3) is 0 Å². The van der Waals surface area contributed by atoms with E-state index in [1.165, 1.54) is 18.2 Å². The Morgan fingerprint density at radius 1 is 1.33 bits per heavy atom. The van der Waals surface area contributed by atoms with Crippen LogP contribution in [0.15, 0.2) is 18.2 Å². The van der Waals surface area contributed by atoms with E-state index in [1.54, 1.807) is 11.8 Å². The maximum Gasteiger partial charge on any atom is 0.131 e. The highest BCUT2D eigenvalue weighted by Gasteiger charge is 2.24. The summed E-state index contributed by atoms with van der Waals surface area (Å²) in [6.45, 7) is 2.03. The van der Waals surface area contributed by atoms with E-state index in [2.05, 4.69) is 5.32 Å². The Morgan fingerprint density at radius 2 is 2.00 bits per heavy atom. The zero-order chi connectivity index (χ0) is 10.8. The molecule has 0 aliphatic carbocycles. The molecule has 0 amide bonds. The highest BCUT2D eigenvalue weighted by molar-refractivity contribution is 7.99. The maximum absolute atomic E-state index is 13.5. The molecule has 2 unspecified atom stereocenters. The molecule has 1 nitrogen and oxygen atoms in total. The van der Waals surface area contributed by atoms with Crippen LogP contribution in [-0.4, -0.2) is 11.8 Å². The molecule has 0 radical (unpaired) electrons. The fraction of sp³-hybridized carbons (Fsp3) is 0.455. The van der Waals surface area contributed by atoms with E-state index in [9.17, 15) is 8.78 Å². The molecular formula is C11H13F2NS. The van der Waals surface area contributed by atoms with Gasteiger partial charge < -0.3 is 0 Å². The molecule has 2 rings (SSSR count). The molecule has 0 aromatic heterocycles. The van der Waals surface area contributed by atoms with Gasteiger partial charge in [0, 0.05) is 6.04 Å². The Morgan fingerprint density at radius 3 is 2.60 bits per heavy atom. The molecule has 1 heterocycles. The minimum atomic E-state index is -0.464. The van der Waals surface area contributed by atoms with E-state index in [0.717, 1.165) is 12.2 Å². The fourth-order valence-electron chi connectivity index (χ4n) is 1.68. The predicted octanol–water partition coefficient (Wildman–Crippen LogP) is 3.08. The zero-order valence-corrected chi connectivity index (χ0v) is 9.28. The Labute approximate surface area is 92.3 Å². The molecule has 1 aliphatic rings. The first kappa shape index (κ1) is 10.9. The van der Waals surface area contributed by atoms with Crippen LogP contribution in [0.1, 0.15) is 24.3 Å². The molecule has 1 N–H and O–H groups in total. The average molecular weight is 229 g/mol. The van der Waals surface area contributed by atoms with Crippen LogP contribution in [0.25, 0.3) is 0 Å². The Balaban J connectivity index is 2.28. The summed E-state index contributed by atoms with van der Waals surface area (Å²) >= 11 is 1.56. The standard InChI is InChI=1S/C11H13F2NS/c1-7-5-6-15-11(14-7)10-8(12)3-2-4-9(10)13/h2-4,7,11,14H,5-6H2,1H3. The number of nitrogens with one attached hydrogen (secondary N) is 1. The number of halogens is 2. The molecule has 1 aromatic carbocycles. The fourth-order valence-corrected chi connectivity index (χ4v) is 3.13. The number of hydrogen-bond donors (Lipinski definition) is 1. The van der Waals surface area contributed by atoms with Crippen molar-refractivity contribution in [1.29, 1.82) is 0 Å². The van der Waals surface area contributed by atoms with Crippen molar-refractivity contribution in [2.24, 2.45) is 0 Å². The summed E-state index contributed by atoms with van der Waals surface area (Å²) in [5.41, 5.74) is 0.161. The van der Waals surface area contributed by atoms with E-state index in [1.807, 2.05) is 6.92 Å². The van der Waals surface area contributed by atoms with Crippen LogP contribution in [0.2, 0.25) is 0 Å². The van der Waals surface area contributed by atoms with Crippen molar-refractivity contribution in [3.05, 3.63) is 35.4 Å². The van der Waals surface area contributed by atoms with E-state index < -0.39 is 11.6 Å². The third kappa shape index (κ3) is 2.32. The highest BCUT2D eigenvalue weighted by Crippen LogP contribution is 2.34. The molecule has 1 fully saturated rings. The molecule has 15 heavy (non-hydrogen) atoms. The van der Waals surface area contributed by atoms with Gasteiger partial charge in [-0.25, -0.2) is 8.78 Å². The molecule has 0 spiro atoms. The molecule has 1 saturated heterocycles. The van der Waals surface area contributed by atoms with E-state index >= 15 is 0 Å². The van der Waals surface area contributed by atoms with Gasteiger partial charge in [0.1, 0.15) is 11.6 Å². The number of thioether (sulfide) groups is 1. The molecular weight excluding hydrogens is 216 g/mol. The van der Waals surface area contributed by atoms with Gasteiger partial charge in [0.15, 0.2) is 0 Å². The normalized spacial score (nSPS) is 26.6. The lowest BCUT2D eigenvalue weighted by atomic mass is 10.1. The SMILES string of the molecule is CC1CCSC(c2c(F)cccc2F)N1. The summed E-state index contributed by atoms with van der Waals surface area (Å²) < 4.78 is 26.9. The lowest BCUT2D eigenvalue weighted by Gasteiger charge is -2.28. The van der Waals surface area contributed by atoms with Gasteiger partial charge in [-0.15, -0.1) is 11.8 Å². The number of rotatable bonds is 1. The first-order valence-electron chi connectivity index (χ1n) is 5.00. The third-order valence-electron chi connectivity index (χ3n) is 2.53. The quantitative estimate of drug-likeness (QED) is 0.794. The Hall–Kier alpha value is -0.610. The Kier molecular flexibility index (Phi) is 3.26. The number of hydrogen-bond acceptors (Lipinski definition) is 2. The van der Waals surface area contributed by atoms with Crippen LogP contribution in [0.5, 0.6) is 0 Å². The van der Waals surface area contributed by atoms with Gasteiger partial charge in [-0.3, -0.25) is 5.32 Å². The van der Waals surface area contributed by atoms with Gasteiger partial charge in [0.05, 0.1) is 10.9 Å². The van der Waals surface area contributed by atoms with Crippen molar-refractivity contribution in [3.8, 4) is 0 Å². The molecule has 4 heteroatoms. The summed E-state index contributed by atoms with van der Waals surface area (Å²) in [7, 11) is 0. The average Bonchev–Trinajstić information content (AvgIpc) is 2.17. The molecule has 2 atom stereocenters. The second-order valence-electron chi connectivity index (χ2n) is 3.74. The topological polar surface area (TPSA) is 12.0 Å². The molecule has 1 aliphatic heterocycles. The molecule has 1 aromatic rings. The van der Waals surface area contributed by atoms with Gasteiger partial charge in [-0.2, -0.15) is 0 Å².